The first kappa shape index (κ1) is 15.8. The van der Waals surface area contributed by atoms with E-state index in [2.05, 4.69) is 26.0 Å². The number of sulfonamides is 1. The van der Waals surface area contributed by atoms with Crippen molar-refractivity contribution in [2.75, 3.05) is 11.8 Å². The van der Waals surface area contributed by atoms with Gasteiger partial charge in [0.1, 0.15) is 4.21 Å². The molecule has 2 aromatic rings. The molecule has 0 amide bonds. The molecule has 1 aromatic carbocycles. The Bertz CT molecular complexity index is 716. The summed E-state index contributed by atoms with van der Waals surface area (Å²) in [5.41, 5.74) is 1.28. The van der Waals surface area contributed by atoms with E-state index < -0.39 is 10.0 Å². The van der Waals surface area contributed by atoms with Crippen molar-refractivity contribution < 1.29 is 8.42 Å². The van der Waals surface area contributed by atoms with Crippen molar-refractivity contribution in [3.63, 3.8) is 0 Å². The van der Waals surface area contributed by atoms with Crippen LogP contribution in [0.25, 0.3) is 0 Å². The van der Waals surface area contributed by atoms with Crippen LogP contribution >= 0.6 is 38.9 Å². The van der Waals surface area contributed by atoms with Crippen molar-refractivity contribution in [1.29, 1.82) is 0 Å². The van der Waals surface area contributed by atoms with Gasteiger partial charge in [-0.1, -0.05) is 27.5 Å². The largest absolute Gasteiger partial charge is 0.316 e. The van der Waals surface area contributed by atoms with Crippen LogP contribution in [-0.4, -0.2) is 15.5 Å². The second-order valence-corrected chi connectivity index (χ2v) is 8.18. The van der Waals surface area contributed by atoms with Gasteiger partial charge in [-0.3, -0.25) is 4.72 Å². The van der Waals surface area contributed by atoms with Gasteiger partial charge in [0, 0.05) is 11.0 Å². The lowest BCUT2D eigenvalue weighted by Crippen LogP contribution is -2.12. The molecule has 0 aliphatic heterocycles. The van der Waals surface area contributed by atoms with Gasteiger partial charge in [-0.2, -0.15) is 0 Å². The molecule has 2 rings (SSSR count). The Labute approximate surface area is 135 Å². The lowest BCUT2D eigenvalue weighted by Gasteiger charge is -2.08. The van der Waals surface area contributed by atoms with Crippen molar-refractivity contribution in [3.8, 4) is 0 Å². The van der Waals surface area contributed by atoms with E-state index in [-0.39, 0.29) is 4.21 Å². The van der Waals surface area contributed by atoms with Crippen molar-refractivity contribution in [2.45, 2.75) is 10.8 Å². The smallest absolute Gasteiger partial charge is 0.271 e. The van der Waals surface area contributed by atoms with Gasteiger partial charge in [0.25, 0.3) is 10.0 Å². The Morgan fingerprint density at radius 2 is 2.10 bits per heavy atom. The first-order valence-electron chi connectivity index (χ1n) is 5.62. The SMILES string of the molecule is CNCc1csc(S(=O)(=O)Nc2cc(Br)ccc2Cl)c1. The minimum Gasteiger partial charge on any atom is -0.316 e. The summed E-state index contributed by atoms with van der Waals surface area (Å²) in [6.45, 7) is 0.629. The van der Waals surface area contributed by atoms with Crippen molar-refractivity contribution in [2.24, 2.45) is 0 Å². The molecule has 0 bridgehead atoms. The molecule has 0 aliphatic rings. The van der Waals surface area contributed by atoms with E-state index in [9.17, 15) is 8.42 Å². The third-order valence-corrected chi connectivity index (χ3v) is 6.12. The maximum Gasteiger partial charge on any atom is 0.271 e. The van der Waals surface area contributed by atoms with Crippen LogP contribution in [0.1, 0.15) is 5.56 Å². The van der Waals surface area contributed by atoms with Crippen LogP contribution in [0, 0.1) is 0 Å². The Kier molecular flexibility index (Phi) is 5.09. The van der Waals surface area contributed by atoms with Crippen molar-refractivity contribution >= 4 is 54.6 Å². The summed E-state index contributed by atoms with van der Waals surface area (Å²) in [6.07, 6.45) is 0. The highest BCUT2D eigenvalue weighted by atomic mass is 79.9. The zero-order valence-electron chi connectivity index (χ0n) is 10.5. The van der Waals surface area contributed by atoms with E-state index in [1.165, 1.54) is 11.3 Å². The Morgan fingerprint density at radius 1 is 1.35 bits per heavy atom. The fraction of sp³-hybridized carbons (Fsp3) is 0.167. The van der Waals surface area contributed by atoms with E-state index in [1.54, 1.807) is 24.3 Å². The topological polar surface area (TPSA) is 58.2 Å². The highest BCUT2D eigenvalue weighted by Gasteiger charge is 2.18. The first-order valence-corrected chi connectivity index (χ1v) is 9.15. The third-order valence-electron chi connectivity index (χ3n) is 2.45. The maximum absolute atomic E-state index is 12.3. The lowest BCUT2D eigenvalue weighted by molar-refractivity contribution is 0.603. The molecule has 0 fully saturated rings. The predicted octanol–water partition coefficient (Wildman–Crippen LogP) is 3.68. The van der Waals surface area contributed by atoms with Crippen LogP contribution < -0.4 is 10.0 Å². The quantitative estimate of drug-likeness (QED) is 0.812. The fourth-order valence-electron chi connectivity index (χ4n) is 1.56. The average Bonchev–Trinajstić information content (AvgIpc) is 2.83. The molecule has 2 N–H and O–H groups in total. The van der Waals surface area contributed by atoms with E-state index in [1.807, 2.05) is 12.4 Å². The minimum atomic E-state index is -3.61. The fourth-order valence-corrected chi connectivity index (χ4v) is 4.42. The zero-order chi connectivity index (χ0) is 14.8. The van der Waals surface area contributed by atoms with Crippen LogP contribution in [0.4, 0.5) is 5.69 Å². The molecular formula is C12H12BrClN2O2S2. The van der Waals surface area contributed by atoms with Gasteiger partial charge in [-0.25, -0.2) is 8.42 Å². The number of nitrogens with one attached hydrogen (secondary N) is 2. The van der Waals surface area contributed by atoms with Crippen LogP contribution in [0.15, 0.2) is 38.3 Å². The van der Waals surface area contributed by atoms with Crippen molar-refractivity contribution in [1.82, 2.24) is 5.32 Å². The first-order chi connectivity index (χ1) is 9.42. The van der Waals surface area contributed by atoms with Gasteiger partial charge < -0.3 is 5.32 Å². The van der Waals surface area contributed by atoms with Crippen LogP contribution in [-0.2, 0) is 16.6 Å². The zero-order valence-corrected chi connectivity index (χ0v) is 14.5. The summed E-state index contributed by atoms with van der Waals surface area (Å²) in [5.74, 6) is 0. The molecule has 20 heavy (non-hydrogen) atoms. The van der Waals surface area contributed by atoms with Gasteiger partial charge in [0.2, 0.25) is 0 Å². The van der Waals surface area contributed by atoms with Crippen molar-refractivity contribution in [3.05, 3.63) is 44.7 Å². The molecule has 0 spiro atoms. The number of thiophene rings is 1. The lowest BCUT2D eigenvalue weighted by atomic mass is 10.3. The van der Waals surface area contributed by atoms with E-state index in [4.69, 9.17) is 11.6 Å². The Hall–Kier alpha value is -0.600. The van der Waals surface area contributed by atoms with Gasteiger partial charge in [-0.15, -0.1) is 11.3 Å². The highest BCUT2D eigenvalue weighted by molar-refractivity contribution is 9.10. The predicted molar refractivity (Wildman–Crippen MR) is 87.0 cm³/mol. The summed E-state index contributed by atoms with van der Waals surface area (Å²) >= 11 is 10.5. The third kappa shape index (κ3) is 3.73. The minimum absolute atomic E-state index is 0.263. The molecule has 8 heteroatoms. The number of halogens is 2. The molecule has 1 aromatic heterocycles. The number of benzene rings is 1. The number of hydrogen-bond acceptors (Lipinski definition) is 4. The second-order valence-electron chi connectivity index (χ2n) is 4.03. The summed E-state index contributed by atoms with van der Waals surface area (Å²) in [6, 6.07) is 6.65. The molecule has 108 valence electrons. The molecule has 0 saturated carbocycles. The van der Waals surface area contributed by atoms with Gasteiger partial charge in [0.05, 0.1) is 10.7 Å². The van der Waals surface area contributed by atoms with Crippen LogP contribution in [0.3, 0.4) is 0 Å². The standard InChI is InChI=1S/C12H12BrClN2O2S2/c1-15-6-8-4-12(19-7-8)20(17,18)16-11-5-9(13)2-3-10(11)14/h2-5,7,15-16H,6H2,1H3. The number of rotatable bonds is 5. The molecule has 0 saturated heterocycles. The molecule has 0 unspecified atom stereocenters. The monoisotopic (exact) mass is 394 g/mol. The summed E-state index contributed by atoms with van der Waals surface area (Å²) in [7, 11) is -1.80. The summed E-state index contributed by atoms with van der Waals surface area (Å²) in [5, 5.41) is 5.14. The highest BCUT2D eigenvalue weighted by Crippen LogP contribution is 2.29. The van der Waals surface area contributed by atoms with Gasteiger partial charge in [0.15, 0.2) is 0 Å². The van der Waals surface area contributed by atoms with Crippen LogP contribution in [0.5, 0.6) is 0 Å². The van der Waals surface area contributed by atoms with Gasteiger partial charge in [-0.05, 0) is 42.3 Å². The molecule has 0 radical (unpaired) electrons. The maximum atomic E-state index is 12.3. The van der Waals surface area contributed by atoms with Gasteiger partial charge >= 0.3 is 0 Å². The molecule has 1 heterocycles. The molecular weight excluding hydrogens is 384 g/mol. The normalized spacial score (nSPS) is 11.6. The molecule has 0 aliphatic carbocycles. The Balaban J connectivity index is 2.28. The molecule has 4 nitrogen and oxygen atoms in total. The summed E-state index contributed by atoms with van der Waals surface area (Å²) < 4.78 is 28.1. The number of anilines is 1. The number of hydrogen-bond donors (Lipinski definition) is 2. The Morgan fingerprint density at radius 3 is 2.80 bits per heavy atom. The van der Waals surface area contributed by atoms with Crippen LogP contribution in [0.2, 0.25) is 5.02 Å². The summed E-state index contributed by atoms with van der Waals surface area (Å²) in [4.78, 5) is 0. The van der Waals surface area contributed by atoms with E-state index in [0.717, 1.165) is 10.0 Å². The average molecular weight is 396 g/mol. The van der Waals surface area contributed by atoms with E-state index in [0.29, 0.717) is 17.3 Å². The van der Waals surface area contributed by atoms with E-state index >= 15 is 0 Å². The molecule has 0 atom stereocenters. The second kappa shape index (κ2) is 6.44.